The van der Waals surface area contributed by atoms with Crippen molar-refractivity contribution in [2.75, 3.05) is 25.0 Å². The van der Waals surface area contributed by atoms with Crippen LogP contribution in [0.4, 0.5) is 5.82 Å². The monoisotopic (exact) mass is 274 g/mol. The summed E-state index contributed by atoms with van der Waals surface area (Å²) in [6, 6.07) is 9.33. The molecule has 4 rings (SSSR count). The lowest BCUT2D eigenvalue weighted by atomic mass is 10.1. The largest absolute Gasteiger partial charge is 0.349 e. The van der Waals surface area contributed by atoms with E-state index in [-0.39, 0.29) is 0 Å². The maximum Gasteiger partial charge on any atom is 0.159 e. The van der Waals surface area contributed by atoms with Crippen molar-refractivity contribution in [3.63, 3.8) is 0 Å². The molecule has 2 fully saturated rings. The number of likely N-dealkylation sites (N-methyl/N-ethyl adjacent to an activating group) is 1. The number of hydrogen-bond donors (Lipinski definition) is 0. The Hall–Kier alpha value is -1.39. The van der Waals surface area contributed by atoms with E-state index in [0.717, 1.165) is 29.7 Å². The average Bonchev–Trinajstić information content (AvgIpc) is 2.98. The first-order valence-electron chi connectivity index (χ1n) is 6.62. The number of piperazine rings is 1. The molecule has 2 atom stereocenters. The third-order valence-electron chi connectivity index (χ3n) is 4.41. The second kappa shape index (κ2) is 4.05. The lowest BCUT2D eigenvalue weighted by Gasteiger charge is -2.33. The van der Waals surface area contributed by atoms with Gasteiger partial charge in [-0.3, -0.25) is 4.90 Å². The summed E-state index contributed by atoms with van der Waals surface area (Å²) < 4.78 is 0. The zero-order valence-electron chi connectivity index (χ0n) is 10.8. The van der Waals surface area contributed by atoms with Crippen LogP contribution in [0.3, 0.4) is 0 Å². The SMILES string of the molecule is CN1C[C@H]2C[C@H]1CN2c1nnc(Cl)c2ccccc12. The zero-order chi connectivity index (χ0) is 13.0. The van der Waals surface area contributed by atoms with Crippen molar-refractivity contribution >= 4 is 28.2 Å². The van der Waals surface area contributed by atoms with Gasteiger partial charge in [0.1, 0.15) is 0 Å². The normalized spacial score (nSPS) is 26.5. The highest BCUT2D eigenvalue weighted by Gasteiger charge is 2.42. The van der Waals surface area contributed by atoms with Crippen molar-refractivity contribution in [1.82, 2.24) is 15.1 Å². The lowest BCUT2D eigenvalue weighted by molar-refractivity contribution is 0.292. The fraction of sp³-hybridized carbons (Fsp3) is 0.429. The van der Waals surface area contributed by atoms with E-state index in [0.29, 0.717) is 17.2 Å². The molecular weight excluding hydrogens is 260 g/mol. The van der Waals surface area contributed by atoms with E-state index in [2.05, 4.69) is 33.1 Å². The van der Waals surface area contributed by atoms with E-state index in [1.165, 1.54) is 6.42 Å². The maximum absolute atomic E-state index is 6.14. The molecule has 5 heteroatoms. The van der Waals surface area contributed by atoms with Crippen LogP contribution in [0.15, 0.2) is 24.3 Å². The predicted molar refractivity (Wildman–Crippen MR) is 76.7 cm³/mol. The van der Waals surface area contributed by atoms with E-state index in [4.69, 9.17) is 11.6 Å². The van der Waals surface area contributed by atoms with Gasteiger partial charge in [0.15, 0.2) is 11.0 Å². The first-order chi connectivity index (χ1) is 9.24. The van der Waals surface area contributed by atoms with Crippen molar-refractivity contribution in [2.45, 2.75) is 18.5 Å². The molecule has 1 aromatic heterocycles. The third kappa shape index (κ3) is 1.63. The van der Waals surface area contributed by atoms with Gasteiger partial charge >= 0.3 is 0 Å². The Morgan fingerprint density at radius 3 is 2.58 bits per heavy atom. The van der Waals surface area contributed by atoms with Crippen molar-refractivity contribution in [3.8, 4) is 0 Å². The highest BCUT2D eigenvalue weighted by molar-refractivity contribution is 6.34. The van der Waals surface area contributed by atoms with Gasteiger partial charge in [-0.05, 0) is 13.5 Å². The molecule has 1 aromatic carbocycles. The summed E-state index contributed by atoms with van der Waals surface area (Å²) in [7, 11) is 2.20. The van der Waals surface area contributed by atoms with Gasteiger partial charge < -0.3 is 4.90 Å². The number of likely N-dealkylation sites (tertiary alicyclic amines) is 1. The Morgan fingerprint density at radius 1 is 1.11 bits per heavy atom. The summed E-state index contributed by atoms with van der Waals surface area (Å²) in [6.45, 7) is 2.16. The summed E-state index contributed by atoms with van der Waals surface area (Å²) in [5, 5.41) is 11.1. The third-order valence-corrected chi connectivity index (χ3v) is 4.69. The minimum Gasteiger partial charge on any atom is -0.349 e. The van der Waals surface area contributed by atoms with E-state index >= 15 is 0 Å². The minimum absolute atomic E-state index is 0.487. The van der Waals surface area contributed by atoms with Crippen LogP contribution in [0.25, 0.3) is 10.8 Å². The molecule has 0 aliphatic carbocycles. The summed E-state index contributed by atoms with van der Waals surface area (Å²) in [5.74, 6) is 0.987. The maximum atomic E-state index is 6.14. The van der Waals surface area contributed by atoms with Crippen LogP contribution < -0.4 is 4.90 Å². The van der Waals surface area contributed by atoms with E-state index in [9.17, 15) is 0 Å². The van der Waals surface area contributed by atoms with E-state index in [1.54, 1.807) is 0 Å². The number of nitrogens with zero attached hydrogens (tertiary/aromatic N) is 4. The molecule has 98 valence electrons. The number of rotatable bonds is 1. The quantitative estimate of drug-likeness (QED) is 0.798. The van der Waals surface area contributed by atoms with Gasteiger partial charge in [-0.15, -0.1) is 10.2 Å². The van der Waals surface area contributed by atoms with Gasteiger partial charge in [-0.2, -0.15) is 0 Å². The second-order valence-corrected chi connectivity index (χ2v) is 5.85. The molecule has 4 nitrogen and oxygen atoms in total. The van der Waals surface area contributed by atoms with Crippen LogP contribution in [0.1, 0.15) is 6.42 Å². The number of anilines is 1. The average molecular weight is 275 g/mol. The molecule has 2 saturated heterocycles. The van der Waals surface area contributed by atoms with Gasteiger partial charge in [0.05, 0.1) is 0 Å². The van der Waals surface area contributed by atoms with Crippen LogP contribution in [0.2, 0.25) is 5.15 Å². The number of aromatic nitrogens is 2. The summed E-state index contributed by atoms with van der Waals surface area (Å²) in [4.78, 5) is 4.84. The highest BCUT2D eigenvalue weighted by atomic mass is 35.5. The number of benzene rings is 1. The number of hydrogen-bond acceptors (Lipinski definition) is 4. The number of fused-ring (bicyclic) bond motifs is 3. The summed E-state index contributed by atoms with van der Waals surface area (Å²) in [5.41, 5.74) is 0. The van der Waals surface area contributed by atoms with Gasteiger partial charge in [-0.25, -0.2) is 0 Å². The lowest BCUT2D eigenvalue weighted by Crippen LogP contribution is -2.45. The predicted octanol–water partition coefficient (Wildman–Crippen LogP) is 2.18. The molecule has 3 heterocycles. The number of halogens is 1. The van der Waals surface area contributed by atoms with Gasteiger partial charge in [0.25, 0.3) is 0 Å². The van der Waals surface area contributed by atoms with Crippen LogP contribution in [-0.2, 0) is 0 Å². The molecule has 0 N–H and O–H groups in total. The van der Waals surface area contributed by atoms with E-state index in [1.807, 2.05) is 18.2 Å². The van der Waals surface area contributed by atoms with Crippen molar-refractivity contribution in [3.05, 3.63) is 29.4 Å². The standard InChI is InChI=1S/C14H15ClN4/c1-18-7-10-6-9(18)8-19(10)14-12-5-3-2-4-11(12)13(15)16-17-14/h2-5,9-10H,6-8H2,1H3/t9-,10+/m0/s1. The Kier molecular flexibility index (Phi) is 2.44. The summed E-state index contributed by atoms with van der Waals surface area (Å²) in [6.07, 6.45) is 1.23. The molecule has 0 spiro atoms. The van der Waals surface area contributed by atoms with E-state index < -0.39 is 0 Å². The van der Waals surface area contributed by atoms with Gasteiger partial charge in [-0.1, -0.05) is 35.9 Å². The Balaban J connectivity index is 1.83. The topological polar surface area (TPSA) is 32.3 Å². The van der Waals surface area contributed by atoms with Crippen LogP contribution >= 0.6 is 11.6 Å². The van der Waals surface area contributed by atoms with Crippen molar-refractivity contribution in [2.24, 2.45) is 0 Å². The first-order valence-corrected chi connectivity index (χ1v) is 6.99. The van der Waals surface area contributed by atoms with Crippen molar-refractivity contribution in [1.29, 1.82) is 0 Å². The molecule has 0 unspecified atom stereocenters. The molecule has 2 aromatic rings. The molecule has 0 saturated carbocycles. The fourth-order valence-corrected chi connectivity index (χ4v) is 3.60. The second-order valence-electron chi connectivity index (χ2n) is 5.50. The Labute approximate surface area is 117 Å². The van der Waals surface area contributed by atoms with Gasteiger partial charge in [0.2, 0.25) is 0 Å². The molecule has 0 amide bonds. The Morgan fingerprint density at radius 2 is 1.89 bits per heavy atom. The zero-order valence-corrected chi connectivity index (χ0v) is 11.5. The first kappa shape index (κ1) is 11.4. The molecule has 2 bridgehead atoms. The smallest absolute Gasteiger partial charge is 0.159 e. The van der Waals surface area contributed by atoms with Crippen LogP contribution in [0.5, 0.6) is 0 Å². The minimum atomic E-state index is 0.487. The molecule has 19 heavy (non-hydrogen) atoms. The Bertz CT molecular complexity index is 642. The summed E-state index contributed by atoms with van der Waals surface area (Å²) >= 11 is 6.14. The van der Waals surface area contributed by atoms with Gasteiger partial charge in [0, 0.05) is 35.9 Å². The van der Waals surface area contributed by atoms with Crippen LogP contribution in [-0.4, -0.2) is 47.3 Å². The van der Waals surface area contributed by atoms with Crippen LogP contribution in [0, 0.1) is 0 Å². The highest BCUT2D eigenvalue weighted by Crippen LogP contribution is 2.36. The molecule has 2 aliphatic heterocycles. The molecular formula is C14H15ClN4. The molecule has 0 radical (unpaired) electrons. The van der Waals surface area contributed by atoms with Crippen molar-refractivity contribution < 1.29 is 0 Å². The molecule has 2 aliphatic rings. The fourth-order valence-electron chi connectivity index (χ4n) is 3.39.